The first-order chi connectivity index (χ1) is 13.8. The van der Waals surface area contributed by atoms with E-state index in [0.717, 1.165) is 12.0 Å². The molecule has 0 bridgehead atoms. The summed E-state index contributed by atoms with van der Waals surface area (Å²) in [7, 11) is -2.44. The van der Waals surface area contributed by atoms with Crippen LogP contribution >= 0.6 is 23.6 Å². The molecule has 1 aromatic heterocycles. The van der Waals surface area contributed by atoms with Crippen molar-refractivity contribution in [2.45, 2.75) is 37.6 Å². The number of hydrogen-bond donors (Lipinski definition) is 3. The van der Waals surface area contributed by atoms with Gasteiger partial charge in [0, 0.05) is 7.05 Å². The standard InChI is InChI=1S/C19H25N3O4S3/c1-4-8-26-16-6-5-14(10-17(16)29(24,25)22-19(27)20-3)11-18(23)21-13(2)15-7-9-28-12-15/h5-7,9-10,12-13H,4,8,11H2,1-3H3,(H,21,23)(H2,20,22,27). The smallest absolute Gasteiger partial charge is 0.267 e. The lowest BCUT2D eigenvalue weighted by Gasteiger charge is -2.16. The van der Waals surface area contributed by atoms with E-state index < -0.39 is 10.0 Å². The molecule has 2 rings (SSSR count). The molecule has 29 heavy (non-hydrogen) atoms. The zero-order chi connectivity index (χ0) is 21.4. The molecule has 10 heteroatoms. The maximum absolute atomic E-state index is 12.7. The van der Waals surface area contributed by atoms with Gasteiger partial charge in [0.15, 0.2) is 5.11 Å². The van der Waals surface area contributed by atoms with Gasteiger partial charge >= 0.3 is 0 Å². The highest BCUT2D eigenvalue weighted by Crippen LogP contribution is 2.26. The number of benzene rings is 1. The predicted octanol–water partition coefficient (Wildman–Crippen LogP) is 2.74. The van der Waals surface area contributed by atoms with E-state index in [4.69, 9.17) is 17.0 Å². The van der Waals surface area contributed by atoms with E-state index in [1.54, 1.807) is 23.5 Å². The second kappa shape index (κ2) is 10.6. The Morgan fingerprint density at radius 1 is 1.31 bits per heavy atom. The first kappa shape index (κ1) is 23.1. The van der Waals surface area contributed by atoms with Gasteiger partial charge in [0.1, 0.15) is 10.6 Å². The van der Waals surface area contributed by atoms with Gasteiger partial charge in [-0.05, 0) is 65.6 Å². The Hall–Kier alpha value is -2.17. The summed E-state index contributed by atoms with van der Waals surface area (Å²) in [6.07, 6.45) is 0.772. The van der Waals surface area contributed by atoms with Crippen molar-refractivity contribution >= 4 is 44.6 Å². The van der Waals surface area contributed by atoms with E-state index in [-0.39, 0.29) is 34.1 Å². The lowest BCUT2D eigenvalue weighted by Crippen LogP contribution is -2.37. The Morgan fingerprint density at radius 2 is 2.07 bits per heavy atom. The van der Waals surface area contributed by atoms with E-state index in [9.17, 15) is 13.2 Å². The average Bonchev–Trinajstić information content (AvgIpc) is 3.21. The number of thiophene rings is 1. The average molecular weight is 456 g/mol. The minimum absolute atomic E-state index is 0.0285. The number of carbonyl (C=O) groups excluding carboxylic acids is 1. The van der Waals surface area contributed by atoms with Crippen molar-refractivity contribution in [2.24, 2.45) is 0 Å². The van der Waals surface area contributed by atoms with Crippen LogP contribution in [0.1, 0.15) is 37.4 Å². The number of nitrogens with one attached hydrogen (secondary N) is 3. The fourth-order valence-corrected chi connectivity index (χ4v) is 4.75. The third-order valence-electron chi connectivity index (χ3n) is 4.00. The van der Waals surface area contributed by atoms with Crippen LogP contribution in [0.15, 0.2) is 39.9 Å². The van der Waals surface area contributed by atoms with Crippen molar-refractivity contribution in [1.82, 2.24) is 15.4 Å². The lowest BCUT2D eigenvalue weighted by molar-refractivity contribution is -0.121. The van der Waals surface area contributed by atoms with Crippen LogP contribution in [0.4, 0.5) is 0 Å². The van der Waals surface area contributed by atoms with Crippen molar-refractivity contribution in [3.8, 4) is 5.75 Å². The normalized spacial score (nSPS) is 12.1. The summed E-state index contributed by atoms with van der Waals surface area (Å²) >= 11 is 6.48. The zero-order valence-corrected chi connectivity index (χ0v) is 19.0. The highest BCUT2D eigenvalue weighted by molar-refractivity contribution is 7.92. The molecule has 1 heterocycles. The van der Waals surface area contributed by atoms with Crippen LogP contribution in [-0.2, 0) is 21.2 Å². The van der Waals surface area contributed by atoms with Crippen LogP contribution in [0.2, 0.25) is 0 Å². The number of hydrogen-bond acceptors (Lipinski definition) is 6. The summed E-state index contributed by atoms with van der Waals surface area (Å²) in [5.74, 6) is 0.0158. The molecule has 3 N–H and O–H groups in total. The summed E-state index contributed by atoms with van der Waals surface area (Å²) in [5.41, 5.74) is 1.58. The Morgan fingerprint density at radius 3 is 2.69 bits per heavy atom. The molecule has 7 nitrogen and oxygen atoms in total. The van der Waals surface area contributed by atoms with Crippen molar-refractivity contribution in [1.29, 1.82) is 0 Å². The number of ether oxygens (including phenoxy) is 1. The first-order valence-corrected chi connectivity index (χ1v) is 11.9. The molecule has 0 aliphatic rings. The monoisotopic (exact) mass is 455 g/mol. The number of rotatable bonds is 9. The molecule has 0 spiro atoms. The quantitative estimate of drug-likeness (QED) is 0.503. The van der Waals surface area contributed by atoms with Crippen LogP contribution in [-0.4, -0.2) is 33.1 Å². The van der Waals surface area contributed by atoms with Gasteiger partial charge in [0.2, 0.25) is 5.91 Å². The summed E-state index contributed by atoms with van der Waals surface area (Å²) in [6, 6.07) is 6.53. The van der Waals surface area contributed by atoms with Gasteiger partial charge in [-0.2, -0.15) is 11.3 Å². The fraction of sp³-hybridized carbons (Fsp3) is 0.368. The van der Waals surface area contributed by atoms with E-state index in [0.29, 0.717) is 12.2 Å². The van der Waals surface area contributed by atoms with E-state index in [2.05, 4.69) is 15.4 Å². The number of thiocarbonyl (C=S) groups is 1. The lowest BCUT2D eigenvalue weighted by atomic mass is 10.1. The van der Waals surface area contributed by atoms with Crippen molar-refractivity contribution < 1.29 is 17.9 Å². The minimum Gasteiger partial charge on any atom is -0.492 e. The number of sulfonamides is 1. The van der Waals surface area contributed by atoms with Crippen LogP contribution in [0.5, 0.6) is 5.75 Å². The molecule has 1 aromatic carbocycles. The number of amides is 1. The topological polar surface area (TPSA) is 96.5 Å². The molecule has 158 valence electrons. The summed E-state index contributed by atoms with van der Waals surface area (Å²) in [6.45, 7) is 4.20. The third kappa shape index (κ3) is 6.69. The fourth-order valence-electron chi connectivity index (χ4n) is 2.51. The molecule has 0 aliphatic carbocycles. The van der Waals surface area contributed by atoms with Gasteiger partial charge in [-0.3, -0.25) is 9.52 Å². The molecule has 0 saturated carbocycles. The third-order valence-corrected chi connectivity index (χ3v) is 6.51. The molecule has 0 fully saturated rings. The Kier molecular flexibility index (Phi) is 8.42. The molecule has 0 saturated heterocycles. The molecular weight excluding hydrogens is 430 g/mol. The van der Waals surface area contributed by atoms with Crippen molar-refractivity contribution in [3.63, 3.8) is 0 Å². The van der Waals surface area contributed by atoms with Gasteiger partial charge in [0.25, 0.3) is 10.0 Å². The molecule has 0 radical (unpaired) electrons. The Balaban J connectivity index is 2.22. The second-order valence-electron chi connectivity index (χ2n) is 6.34. The molecule has 1 amide bonds. The van der Waals surface area contributed by atoms with Gasteiger partial charge < -0.3 is 15.4 Å². The SMILES string of the molecule is CCCOc1ccc(CC(=O)NC(C)c2ccsc2)cc1S(=O)(=O)NC(=S)NC. The van der Waals surface area contributed by atoms with Crippen molar-refractivity contribution in [2.75, 3.05) is 13.7 Å². The Bertz CT molecular complexity index is 944. The van der Waals surface area contributed by atoms with E-state index >= 15 is 0 Å². The van der Waals surface area contributed by atoms with Gasteiger partial charge in [-0.15, -0.1) is 0 Å². The molecule has 2 aromatic rings. The van der Waals surface area contributed by atoms with Crippen molar-refractivity contribution in [3.05, 3.63) is 46.2 Å². The largest absolute Gasteiger partial charge is 0.492 e. The Labute approximate surface area is 180 Å². The first-order valence-electron chi connectivity index (χ1n) is 9.08. The molecule has 0 aliphatic heterocycles. The zero-order valence-electron chi connectivity index (χ0n) is 16.5. The van der Waals surface area contributed by atoms with Gasteiger partial charge in [-0.25, -0.2) is 8.42 Å². The summed E-state index contributed by atoms with van der Waals surface area (Å²) in [5, 5.41) is 9.39. The maximum atomic E-state index is 12.7. The van der Waals surface area contributed by atoms with Crippen LogP contribution in [0.3, 0.4) is 0 Å². The molecule has 1 atom stereocenters. The highest BCUT2D eigenvalue weighted by atomic mass is 32.2. The highest BCUT2D eigenvalue weighted by Gasteiger charge is 2.22. The predicted molar refractivity (Wildman–Crippen MR) is 119 cm³/mol. The van der Waals surface area contributed by atoms with E-state index in [1.165, 1.54) is 13.1 Å². The van der Waals surface area contributed by atoms with Gasteiger partial charge in [-0.1, -0.05) is 13.0 Å². The van der Waals surface area contributed by atoms with Crippen LogP contribution < -0.4 is 20.1 Å². The van der Waals surface area contributed by atoms with Crippen LogP contribution in [0, 0.1) is 0 Å². The summed E-state index contributed by atoms with van der Waals surface area (Å²) < 4.78 is 33.3. The minimum atomic E-state index is -3.96. The maximum Gasteiger partial charge on any atom is 0.267 e. The molecular formula is C19H25N3O4S3. The molecule has 1 unspecified atom stereocenters. The second-order valence-corrected chi connectivity index (χ2v) is 9.18. The number of carbonyl (C=O) groups is 1. The van der Waals surface area contributed by atoms with Crippen LogP contribution in [0.25, 0.3) is 0 Å². The summed E-state index contributed by atoms with van der Waals surface area (Å²) in [4.78, 5) is 12.4. The van der Waals surface area contributed by atoms with Gasteiger partial charge in [0.05, 0.1) is 19.1 Å². The van der Waals surface area contributed by atoms with E-state index in [1.807, 2.05) is 30.7 Å².